The molecule has 2 rings (SSSR count). The number of hydrogen-bond donors (Lipinski definition) is 2. The lowest BCUT2D eigenvalue weighted by Gasteiger charge is -2.20. The van der Waals surface area contributed by atoms with Gasteiger partial charge in [0.15, 0.2) is 0 Å². The number of ether oxygens (including phenoxy) is 1. The van der Waals surface area contributed by atoms with Crippen LogP contribution in [0.3, 0.4) is 0 Å². The summed E-state index contributed by atoms with van der Waals surface area (Å²) in [6.07, 6.45) is 0. The second-order valence-corrected chi connectivity index (χ2v) is 6.33. The first-order chi connectivity index (χ1) is 12.8. The molecule has 0 aliphatic carbocycles. The number of fused-ring (bicyclic) bond motifs is 1. The van der Waals surface area contributed by atoms with Gasteiger partial charge < -0.3 is 15.4 Å². The predicted molar refractivity (Wildman–Crippen MR) is 93.6 cm³/mol. The molecule has 9 nitrogen and oxygen atoms in total. The molecule has 0 aromatic heterocycles. The number of imide groups is 1. The molecule has 1 aliphatic rings. The maximum Gasteiger partial charge on any atom is 0.328 e. The van der Waals surface area contributed by atoms with E-state index in [1.807, 2.05) is 0 Å². The monoisotopic (exact) mass is 375 g/mol. The van der Waals surface area contributed by atoms with E-state index in [2.05, 4.69) is 15.4 Å². The highest BCUT2D eigenvalue weighted by atomic mass is 16.5. The van der Waals surface area contributed by atoms with E-state index < -0.39 is 48.7 Å². The summed E-state index contributed by atoms with van der Waals surface area (Å²) < 4.78 is 4.62. The summed E-state index contributed by atoms with van der Waals surface area (Å²) in [5.74, 6) is -3.15. The summed E-state index contributed by atoms with van der Waals surface area (Å²) in [6, 6.07) is 5.45. The summed E-state index contributed by atoms with van der Waals surface area (Å²) >= 11 is 0. The fourth-order valence-corrected chi connectivity index (χ4v) is 2.61. The zero-order valence-electron chi connectivity index (χ0n) is 15.3. The first kappa shape index (κ1) is 20.1. The second-order valence-electron chi connectivity index (χ2n) is 6.33. The van der Waals surface area contributed by atoms with E-state index in [9.17, 15) is 24.0 Å². The van der Waals surface area contributed by atoms with Crippen molar-refractivity contribution in [2.45, 2.75) is 19.9 Å². The van der Waals surface area contributed by atoms with Crippen LogP contribution in [0.15, 0.2) is 24.3 Å². The molecule has 2 N–H and O–H groups in total. The molecule has 4 amide bonds. The minimum absolute atomic E-state index is 0.199. The standard InChI is InChI=1S/C18H21N3O6/c1-10(2)15(18(26)27-3)20-13(22)8-19-14(23)9-21-16(24)11-6-4-5-7-12(11)17(21)25/h4-7,10,15H,8-9H2,1-3H3,(H,19,23)(H,20,22). The zero-order chi connectivity index (χ0) is 20.1. The summed E-state index contributed by atoms with van der Waals surface area (Å²) in [6.45, 7) is 2.58. The van der Waals surface area contributed by atoms with E-state index in [-0.39, 0.29) is 17.0 Å². The van der Waals surface area contributed by atoms with E-state index in [0.29, 0.717) is 0 Å². The van der Waals surface area contributed by atoms with Gasteiger partial charge in [0, 0.05) is 0 Å². The molecule has 1 heterocycles. The van der Waals surface area contributed by atoms with Crippen LogP contribution in [-0.2, 0) is 19.1 Å². The summed E-state index contributed by atoms with van der Waals surface area (Å²) in [7, 11) is 1.22. The molecule has 0 saturated carbocycles. The number of nitrogens with zero attached hydrogens (tertiary/aromatic N) is 1. The largest absolute Gasteiger partial charge is 0.467 e. The van der Waals surface area contributed by atoms with Crippen molar-refractivity contribution >= 4 is 29.6 Å². The second kappa shape index (κ2) is 8.43. The fraction of sp³-hybridized carbons (Fsp3) is 0.389. The molecule has 1 aromatic rings. The minimum Gasteiger partial charge on any atom is -0.467 e. The number of amides is 4. The quantitative estimate of drug-likeness (QED) is 0.499. The van der Waals surface area contributed by atoms with Crippen molar-refractivity contribution in [3.63, 3.8) is 0 Å². The molecular weight excluding hydrogens is 354 g/mol. The Morgan fingerprint density at radius 1 is 1.04 bits per heavy atom. The number of esters is 1. The van der Waals surface area contributed by atoms with Gasteiger partial charge in [-0.3, -0.25) is 24.1 Å². The highest BCUT2D eigenvalue weighted by molar-refractivity contribution is 6.22. The van der Waals surface area contributed by atoms with Gasteiger partial charge in [-0.05, 0) is 18.1 Å². The lowest BCUT2D eigenvalue weighted by atomic mass is 10.0. The molecule has 1 atom stereocenters. The average molecular weight is 375 g/mol. The van der Waals surface area contributed by atoms with Crippen LogP contribution in [-0.4, -0.2) is 60.7 Å². The van der Waals surface area contributed by atoms with Crippen LogP contribution in [0, 0.1) is 5.92 Å². The van der Waals surface area contributed by atoms with Gasteiger partial charge in [-0.15, -0.1) is 0 Å². The molecule has 0 bridgehead atoms. The van der Waals surface area contributed by atoms with Gasteiger partial charge in [-0.2, -0.15) is 0 Å². The van der Waals surface area contributed by atoms with Crippen molar-refractivity contribution in [2.75, 3.05) is 20.2 Å². The van der Waals surface area contributed by atoms with Gasteiger partial charge in [0.05, 0.1) is 24.8 Å². The highest BCUT2D eigenvalue weighted by Crippen LogP contribution is 2.21. The first-order valence-electron chi connectivity index (χ1n) is 8.35. The van der Waals surface area contributed by atoms with Gasteiger partial charge in [-0.1, -0.05) is 26.0 Å². The Bertz CT molecular complexity index is 754. The molecule has 0 fully saturated rings. The van der Waals surface area contributed by atoms with E-state index in [4.69, 9.17) is 0 Å². The highest BCUT2D eigenvalue weighted by Gasteiger charge is 2.36. The Kier molecular flexibility index (Phi) is 6.27. The number of nitrogens with one attached hydrogen (secondary N) is 2. The maximum absolute atomic E-state index is 12.2. The molecule has 0 radical (unpaired) electrons. The number of methoxy groups -OCH3 is 1. The fourth-order valence-electron chi connectivity index (χ4n) is 2.61. The Balaban J connectivity index is 1.88. The third-order valence-electron chi connectivity index (χ3n) is 4.06. The van der Waals surface area contributed by atoms with Crippen LogP contribution in [0.4, 0.5) is 0 Å². The Labute approximate surface area is 156 Å². The van der Waals surface area contributed by atoms with Gasteiger partial charge in [-0.25, -0.2) is 4.79 Å². The summed E-state index contributed by atoms with van der Waals surface area (Å²) in [5, 5.41) is 4.80. The minimum atomic E-state index is -0.837. The van der Waals surface area contributed by atoms with E-state index in [1.54, 1.807) is 26.0 Å². The number of rotatable bonds is 7. The van der Waals surface area contributed by atoms with E-state index in [0.717, 1.165) is 4.90 Å². The molecule has 144 valence electrons. The molecule has 0 spiro atoms. The Morgan fingerprint density at radius 3 is 2.07 bits per heavy atom. The van der Waals surface area contributed by atoms with Crippen LogP contribution in [0.5, 0.6) is 0 Å². The molecular formula is C18H21N3O6. The normalized spacial score (nSPS) is 14.0. The number of carbonyl (C=O) groups excluding carboxylic acids is 5. The van der Waals surface area contributed by atoms with Gasteiger partial charge in [0.25, 0.3) is 11.8 Å². The van der Waals surface area contributed by atoms with Gasteiger partial charge >= 0.3 is 5.97 Å². The number of hydrogen-bond acceptors (Lipinski definition) is 6. The molecule has 9 heteroatoms. The molecule has 1 aliphatic heterocycles. The predicted octanol–water partition coefficient (Wildman–Crippen LogP) is -0.287. The van der Waals surface area contributed by atoms with Crippen molar-refractivity contribution in [1.29, 1.82) is 0 Å². The van der Waals surface area contributed by atoms with Gasteiger partial charge in [0.2, 0.25) is 11.8 Å². The maximum atomic E-state index is 12.2. The van der Waals surface area contributed by atoms with Crippen molar-refractivity contribution in [1.82, 2.24) is 15.5 Å². The molecule has 27 heavy (non-hydrogen) atoms. The smallest absolute Gasteiger partial charge is 0.328 e. The average Bonchev–Trinajstić information content (AvgIpc) is 2.89. The lowest BCUT2D eigenvalue weighted by molar-refractivity contribution is -0.146. The number of carbonyl (C=O) groups is 5. The van der Waals surface area contributed by atoms with Gasteiger partial charge in [0.1, 0.15) is 12.6 Å². The van der Waals surface area contributed by atoms with Crippen LogP contribution in [0.25, 0.3) is 0 Å². The first-order valence-corrected chi connectivity index (χ1v) is 8.35. The molecule has 0 saturated heterocycles. The van der Waals surface area contributed by atoms with Crippen molar-refractivity contribution < 1.29 is 28.7 Å². The summed E-state index contributed by atoms with van der Waals surface area (Å²) in [4.78, 5) is 60.8. The molecule has 1 unspecified atom stereocenters. The SMILES string of the molecule is COC(=O)C(NC(=O)CNC(=O)CN1C(=O)c2ccccc2C1=O)C(C)C. The van der Waals surface area contributed by atoms with Crippen molar-refractivity contribution in [3.05, 3.63) is 35.4 Å². The zero-order valence-corrected chi connectivity index (χ0v) is 15.3. The van der Waals surface area contributed by atoms with Crippen LogP contribution in [0.1, 0.15) is 34.6 Å². The van der Waals surface area contributed by atoms with Crippen LogP contribution < -0.4 is 10.6 Å². The Hall–Kier alpha value is -3.23. The van der Waals surface area contributed by atoms with Crippen molar-refractivity contribution in [2.24, 2.45) is 5.92 Å². The topological polar surface area (TPSA) is 122 Å². The number of benzene rings is 1. The molecule has 1 aromatic carbocycles. The van der Waals surface area contributed by atoms with Crippen LogP contribution in [0.2, 0.25) is 0 Å². The summed E-state index contributed by atoms with van der Waals surface area (Å²) in [5.41, 5.74) is 0.483. The van der Waals surface area contributed by atoms with E-state index in [1.165, 1.54) is 19.2 Å². The van der Waals surface area contributed by atoms with E-state index >= 15 is 0 Å². The lowest BCUT2D eigenvalue weighted by Crippen LogP contribution is -2.49. The third-order valence-corrected chi connectivity index (χ3v) is 4.06. The third kappa shape index (κ3) is 4.49. The van der Waals surface area contributed by atoms with Crippen molar-refractivity contribution in [3.8, 4) is 0 Å². The Morgan fingerprint density at radius 2 is 1.59 bits per heavy atom. The van der Waals surface area contributed by atoms with Crippen LogP contribution >= 0.6 is 0 Å².